The van der Waals surface area contributed by atoms with Crippen LogP contribution in [0, 0.1) is 0 Å². The Hall–Kier alpha value is -0.160. The van der Waals surface area contributed by atoms with Gasteiger partial charge in [0.1, 0.15) is 0 Å². The van der Waals surface area contributed by atoms with Gasteiger partial charge in [-0.3, -0.25) is 9.69 Å². The van der Waals surface area contributed by atoms with Crippen molar-refractivity contribution in [2.24, 2.45) is 0 Å². The molecule has 0 aliphatic heterocycles. The quantitative estimate of drug-likeness (QED) is 0.534. The van der Waals surface area contributed by atoms with Crippen molar-refractivity contribution < 1.29 is 14.3 Å². The van der Waals surface area contributed by atoms with Gasteiger partial charge in [0, 0.05) is 33.7 Å². The average Bonchev–Trinajstić information content (AvgIpc) is 2.20. The molecule has 0 aromatic rings. The summed E-state index contributed by atoms with van der Waals surface area (Å²) in [5, 5.41) is -0.270. The zero-order valence-corrected chi connectivity index (χ0v) is 10.3. The van der Waals surface area contributed by atoms with E-state index in [1.165, 1.54) is 0 Å². The van der Waals surface area contributed by atoms with Gasteiger partial charge in [-0.25, -0.2) is 0 Å². The number of hydrogen-bond acceptors (Lipinski definition) is 4. The molecule has 0 atom stereocenters. The number of carbonyl (C=O) groups is 1. The molecule has 0 bridgehead atoms. The lowest BCUT2D eigenvalue weighted by atomic mass is 10.3. The lowest BCUT2D eigenvalue weighted by Gasteiger charge is -2.20. The predicted molar refractivity (Wildman–Crippen MR) is 60.3 cm³/mol. The summed E-state index contributed by atoms with van der Waals surface area (Å²) in [7, 11) is 3.35. The Balaban J connectivity index is 3.63. The molecule has 0 heterocycles. The number of ether oxygens (including phenoxy) is 2. The van der Waals surface area contributed by atoms with Crippen molar-refractivity contribution in [3.8, 4) is 0 Å². The monoisotopic (exact) mass is 237 g/mol. The molecule has 4 nitrogen and oxygen atoms in total. The van der Waals surface area contributed by atoms with Crippen LogP contribution in [-0.4, -0.2) is 57.2 Å². The maximum Gasteiger partial charge on any atom is 0.221 e. The molecule has 0 aromatic carbocycles. The van der Waals surface area contributed by atoms with E-state index in [-0.39, 0.29) is 5.24 Å². The third-order valence-corrected chi connectivity index (χ3v) is 2.26. The number of methoxy groups -OCH3 is 2. The van der Waals surface area contributed by atoms with Crippen LogP contribution in [0.15, 0.2) is 0 Å². The van der Waals surface area contributed by atoms with Crippen LogP contribution in [0.3, 0.4) is 0 Å². The summed E-state index contributed by atoms with van der Waals surface area (Å²) in [6, 6.07) is 0. The van der Waals surface area contributed by atoms with E-state index in [9.17, 15) is 4.79 Å². The maximum atomic E-state index is 10.6. The molecule has 0 amide bonds. The van der Waals surface area contributed by atoms with E-state index in [2.05, 4.69) is 4.90 Å². The standard InChI is InChI=1S/C10H20ClNO3/c1-14-8-6-12(7-9-15-2)5-3-4-10(11)13/h3-9H2,1-2H3. The van der Waals surface area contributed by atoms with Crippen LogP contribution in [0.2, 0.25) is 0 Å². The Bertz CT molecular complexity index is 159. The molecular formula is C10H20ClNO3. The molecule has 0 aliphatic carbocycles. The second kappa shape index (κ2) is 10.4. The topological polar surface area (TPSA) is 38.8 Å². The van der Waals surface area contributed by atoms with Crippen LogP contribution < -0.4 is 0 Å². The highest BCUT2D eigenvalue weighted by Gasteiger charge is 2.05. The maximum absolute atomic E-state index is 10.6. The van der Waals surface area contributed by atoms with Gasteiger partial charge >= 0.3 is 0 Å². The van der Waals surface area contributed by atoms with E-state index in [4.69, 9.17) is 21.1 Å². The number of rotatable bonds is 10. The summed E-state index contributed by atoms with van der Waals surface area (Å²) in [4.78, 5) is 12.8. The summed E-state index contributed by atoms with van der Waals surface area (Å²) < 4.78 is 10.0. The smallest absolute Gasteiger partial charge is 0.221 e. The first-order valence-corrected chi connectivity index (χ1v) is 5.47. The summed E-state index contributed by atoms with van der Waals surface area (Å²) in [5.41, 5.74) is 0. The molecule has 90 valence electrons. The number of halogens is 1. The third-order valence-electron chi connectivity index (χ3n) is 2.07. The molecule has 0 rings (SSSR count). The minimum Gasteiger partial charge on any atom is -0.383 e. The lowest BCUT2D eigenvalue weighted by Crippen LogP contribution is -2.31. The fourth-order valence-corrected chi connectivity index (χ4v) is 1.35. The zero-order chi connectivity index (χ0) is 11.5. The van der Waals surface area contributed by atoms with Gasteiger partial charge in [-0.1, -0.05) is 0 Å². The van der Waals surface area contributed by atoms with Gasteiger partial charge in [0.15, 0.2) is 0 Å². The first kappa shape index (κ1) is 14.8. The molecule has 0 saturated carbocycles. The van der Waals surface area contributed by atoms with Crippen LogP contribution in [-0.2, 0) is 14.3 Å². The van der Waals surface area contributed by atoms with Gasteiger partial charge in [-0.05, 0) is 24.6 Å². The lowest BCUT2D eigenvalue weighted by molar-refractivity contribution is -0.111. The van der Waals surface area contributed by atoms with E-state index < -0.39 is 0 Å². The Labute approximate surface area is 96.5 Å². The van der Waals surface area contributed by atoms with Crippen molar-refractivity contribution in [3.63, 3.8) is 0 Å². The molecule has 0 fully saturated rings. The molecule has 0 aliphatic rings. The first-order chi connectivity index (χ1) is 7.20. The Morgan fingerprint density at radius 1 is 1.13 bits per heavy atom. The fraction of sp³-hybridized carbons (Fsp3) is 0.900. The number of hydrogen-bond donors (Lipinski definition) is 0. The largest absolute Gasteiger partial charge is 0.383 e. The van der Waals surface area contributed by atoms with Crippen LogP contribution in [0.1, 0.15) is 12.8 Å². The molecule has 15 heavy (non-hydrogen) atoms. The van der Waals surface area contributed by atoms with Crippen molar-refractivity contribution in [1.82, 2.24) is 4.90 Å². The summed E-state index contributed by atoms with van der Waals surface area (Å²) in [6.07, 6.45) is 1.22. The van der Waals surface area contributed by atoms with Gasteiger partial charge in [0.2, 0.25) is 5.24 Å². The van der Waals surface area contributed by atoms with E-state index in [1.807, 2.05) is 0 Å². The van der Waals surface area contributed by atoms with Gasteiger partial charge < -0.3 is 9.47 Å². The van der Waals surface area contributed by atoms with Crippen molar-refractivity contribution in [3.05, 3.63) is 0 Å². The predicted octanol–water partition coefficient (Wildman–Crippen LogP) is 1.13. The SMILES string of the molecule is COCCN(CCCC(=O)Cl)CCOC. The van der Waals surface area contributed by atoms with E-state index in [0.29, 0.717) is 19.6 Å². The van der Waals surface area contributed by atoms with Crippen molar-refractivity contribution in [1.29, 1.82) is 0 Å². The summed E-state index contributed by atoms with van der Waals surface area (Å²) in [6.45, 7) is 3.95. The van der Waals surface area contributed by atoms with Crippen molar-refractivity contribution in [2.75, 3.05) is 47.1 Å². The average molecular weight is 238 g/mol. The first-order valence-electron chi connectivity index (χ1n) is 5.09. The van der Waals surface area contributed by atoms with Crippen molar-refractivity contribution in [2.45, 2.75) is 12.8 Å². The van der Waals surface area contributed by atoms with Crippen LogP contribution in [0.25, 0.3) is 0 Å². The Morgan fingerprint density at radius 2 is 1.67 bits per heavy atom. The Morgan fingerprint density at radius 3 is 2.07 bits per heavy atom. The van der Waals surface area contributed by atoms with Gasteiger partial charge in [0.05, 0.1) is 13.2 Å². The zero-order valence-electron chi connectivity index (χ0n) is 9.50. The second-order valence-corrected chi connectivity index (χ2v) is 3.71. The molecule has 0 saturated heterocycles. The van der Waals surface area contributed by atoms with Gasteiger partial charge in [-0.2, -0.15) is 0 Å². The van der Waals surface area contributed by atoms with E-state index in [1.54, 1.807) is 14.2 Å². The molecule has 5 heteroatoms. The highest BCUT2D eigenvalue weighted by molar-refractivity contribution is 6.63. The normalized spacial score (nSPS) is 10.9. The van der Waals surface area contributed by atoms with Crippen LogP contribution >= 0.6 is 11.6 Å². The minimum absolute atomic E-state index is 0.270. The molecule has 0 radical (unpaired) electrons. The Kier molecular flexibility index (Phi) is 10.3. The molecule has 0 unspecified atom stereocenters. The van der Waals surface area contributed by atoms with Crippen LogP contribution in [0.5, 0.6) is 0 Å². The van der Waals surface area contributed by atoms with Gasteiger partial charge in [-0.15, -0.1) is 0 Å². The highest BCUT2D eigenvalue weighted by atomic mass is 35.5. The van der Waals surface area contributed by atoms with Gasteiger partial charge in [0.25, 0.3) is 0 Å². The fourth-order valence-electron chi connectivity index (χ4n) is 1.22. The molecular weight excluding hydrogens is 218 g/mol. The van der Waals surface area contributed by atoms with E-state index >= 15 is 0 Å². The minimum atomic E-state index is -0.270. The van der Waals surface area contributed by atoms with Crippen molar-refractivity contribution >= 4 is 16.8 Å². The number of nitrogens with zero attached hydrogens (tertiary/aromatic N) is 1. The third kappa shape index (κ3) is 10.1. The van der Waals surface area contributed by atoms with Crippen LogP contribution in [0.4, 0.5) is 0 Å². The highest BCUT2D eigenvalue weighted by Crippen LogP contribution is 1.98. The molecule has 0 aromatic heterocycles. The second-order valence-electron chi connectivity index (χ2n) is 3.29. The summed E-state index contributed by atoms with van der Waals surface area (Å²) >= 11 is 5.26. The van der Waals surface area contributed by atoms with E-state index in [0.717, 1.165) is 26.1 Å². The number of carbonyl (C=O) groups excluding carboxylic acids is 1. The summed E-state index contributed by atoms with van der Waals surface area (Å²) in [5.74, 6) is 0. The molecule has 0 N–H and O–H groups in total. The molecule has 0 spiro atoms.